The highest BCUT2D eigenvalue weighted by atomic mass is 35.5. The number of carbonyl (C=O) groups is 2. The zero-order valence-corrected chi connectivity index (χ0v) is 14.8. The normalized spacial score (nSPS) is 10.3. The van der Waals surface area contributed by atoms with Gasteiger partial charge in [-0.15, -0.1) is 0 Å². The average Bonchev–Trinajstić information content (AvgIpc) is 2.56. The van der Waals surface area contributed by atoms with Crippen LogP contribution >= 0.6 is 23.2 Å². The minimum atomic E-state index is -0.221. The van der Waals surface area contributed by atoms with Crippen molar-refractivity contribution in [2.24, 2.45) is 0 Å². The van der Waals surface area contributed by atoms with Gasteiger partial charge in [0.2, 0.25) is 11.8 Å². The highest BCUT2D eigenvalue weighted by molar-refractivity contribution is 6.39. The van der Waals surface area contributed by atoms with Crippen LogP contribution in [0.4, 0.5) is 5.69 Å². The van der Waals surface area contributed by atoms with Crippen molar-refractivity contribution in [3.8, 4) is 0 Å². The summed E-state index contributed by atoms with van der Waals surface area (Å²) in [4.78, 5) is 25.4. The van der Waals surface area contributed by atoms with Crippen LogP contribution in [0.15, 0.2) is 48.5 Å². The Bertz CT molecular complexity index is 700. The number of benzene rings is 2. The molecule has 0 radical (unpaired) electrons. The third kappa shape index (κ3) is 4.98. The van der Waals surface area contributed by atoms with Gasteiger partial charge in [-0.2, -0.15) is 0 Å². The molecule has 2 rings (SSSR count). The molecule has 4 nitrogen and oxygen atoms in total. The number of hydrogen-bond acceptors (Lipinski definition) is 2. The lowest BCUT2D eigenvalue weighted by atomic mass is 10.2. The van der Waals surface area contributed by atoms with Gasteiger partial charge in [0, 0.05) is 26.4 Å². The molecule has 0 unspecified atom stereocenters. The third-order valence-electron chi connectivity index (χ3n) is 3.48. The molecular formula is C18H18Cl2N2O2. The Labute approximate surface area is 151 Å². The van der Waals surface area contributed by atoms with Gasteiger partial charge in [-0.05, 0) is 17.7 Å². The second kappa shape index (κ2) is 8.71. The average molecular weight is 365 g/mol. The molecule has 126 valence electrons. The van der Waals surface area contributed by atoms with Crippen molar-refractivity contribution in [2.75, 3.05) is 11.4 Å². The Morgan fingerprint density at radius 2 is 1.62 bits per heavy atom. The van der Waals surface area contributed by atoms with Gasteiger partial charge in [0.15, 0.2) is 0 Å². The van der Waals surface area contributed by atoms with E-state index in [-0.39, 0.29) is 24.8 Å². The van der Waals surface area contributed by atoms with Crippen LogP contribution in [-0.2, 0) is 16.1 Å². The van der Waals surface area contributed by atoms with Gasteiger partial charge in [-0.3, -0.25) is 9.59 Å². The third-order valence-corrected chi connectivity index (χ3v) is 4.09. The van der Waals surface area contributed by atoms with Crippen molar-refractivity contribution in [1.82, 2.24) is 5.32 Å². The first-order valence-electron chi connectivity index (χ1n) is 7.52. The summed E-state index contributed by atoms with van der Waals surface area (Å²) in [5.41, 5.74) is 1.45. The Kier molecular flexibility index (Phi) is 6.64. The van der Waals surface area contributed by atoms with Gasteiger partial charge in [-0.1, -0.05) is 59.6 Å². The molecule has 1 N–H and O–H groups in total. The quantitative estimate of drug-likeness (QED) is 0.840. The lowest BCUT2D eigenvalue weighted by molar-refractivity contribution is -0.121. The van der Waals surface area contributed by atoms with E-state index in [1.165, 1.54) is 11.8 Å². The summed E-state index contributed by atoms with van der Waals surface area (Å²) in [6.07, 6.45) is 0.161. The summed E-state index contributed by atoms with van der Waals surface area (Å²) >= 11 is 12.3. The van der Waals surface area contributed by atoms with E-state index in [4.69, 9.17) is 23.2 Å². The van der Waals surface area contributed by atoms with Gasteiger partial charge < -0.3 is 10.2 Å². The van der Waals surface area contributed by atoms with Gasteiger partial charge in [0.05, 0.1) is 15.7 Å². The monoisotopic (exact) mass is 364 g/mol. The summed E-state index contributed by atoms with van der Waals surface area (Å²) in [6, 6.07) is 14.7. The number of amides is 2. The maximum Gasteiger partial charge on any atom is 0.223 e. The van der Waals surface area contributed by atoms with Crippen molar-refractivity contribution in [3.63, 3.8) is 0 Å². The van der Waals surface area contributed by atoms with Crippen LogP contribution in [0, 0.1) is 0 Å². The van der Waals surface area contributed by atoms with E-state index >= 15 is 0 Å². The summed E-state index contributed by atoms with van der Waals surface area (Å²) in [5.74, 6) is -0.367. The number of nitrogens with one attached hydrogen (secondary N) is 1. The lowest BCUT2D eigenvalue weighted by Crippen LogP contribution is -2.34. The smallest absolute Gasteiger partial charge is 0.223 e. The SMILES string of the molecule is CC(=O)N(CCC(=O)NCc1ccccc1)c1c(Cl)cccc1Cl. The van der Waals surface area contributed by atoms with Gasteiger partial charge in [-0.25, -0.2) is 0 Å². The molecule has 24 heavy (non-hydrogen) atoms. The van der Waals surface area contributed by atoms with Crippen LogP contribution in [0.3, 0.4) is 0 Å². The molecule has 2 amide bonds. The highest BCUT2D eigenvalue weighted by Gasteiger charge is 2.19. The van der Waals surface area contributed by atoms with Gasteiger partial charge in [0.1, 0.15) is 0 Å². The fraction of sp³-hybridized carbons (Fsp3) is 0.222. The van der Waals surface area contributed by atoms with E-state index in [9.17, 15) is 9.59 Å². The number of anilines is 1. The topological polar surface area (TPSA) is 49.4 Å². The Morgan fingerprint density at radius 1 is 1.00 bits per heavy atom. The van der Waals surface area contributed by atoms with E-state index in [1.54, 1.807) is 18.2 Å². The van der Waals surface area contributed by atoms with Crippen LogP contribution in [0.25, 0.3) is 0 Å². The molecule has 6 heteroatoms. The predicted octanol–water partition coefficient (Wildman–Crippen LogP) is 4.05. The lowest BCUT2D eigenvalue weighted by Gasteiger charge is -2.23. The number of rotatable bonds is 6. The molecule has 0 saturated heterocycles. The van der Waals surface area contributed by atoms with Crippen LogP contribution in [0.2, 0.25) is 10.0 Å². The molecule has 0 fully saturated rings. The predicted molar refractivity (Wildman–Crippen MR) is 97.4 cm³/mol. The molecule has 0 heterocycles. The van der Waals surface area contributed by atoms with Gasteiger partial charge in [0.25, 0.3) is 0 Å². The summed E-state index contributed by atoms with van der Waals surface area (Å²) in [5, 5.41) is 3.59. The van der Waals surface area contributed by atoms with Crippen LogP contribution in [-0.4, -0.2) is 18.4 Å². The van der Waals surface area contributed by atoms with Crippen molar-refractivity contribution in [3.05, 3.63) is 64.1 Å². The number of hydrogen-bond donors (Lipinski definition) is 1. The first-order valence-corrected chi connectivity index (χ1v) is 8.27. The molecule has 0 bridgehead atoms. The summed E-state index contributed by atoms with van der Waals surface area (Å²) < 4.78 is 0. The largest absolute Gasteiger partial charge is 0.352 e. The van der Waals surface area contributed by atoms with E-state index < -0.39 is 0 Å². The van der Waals surface area contributed by atoms with E-state index in [0.717, 1.165) is 5.56 Å². The summed E-state index contributed by atoms with van der Waals surface area (Å²) in [7, 11) is 0. The van der Waals surface area contributed by atoms with Crippen LogP contribution in [0.1, 0.15) is 18.9 Å². The molecule has 0 aromatic heterocycles. The highest BCUT2D eigenvalue weighted by Crippen LogP contribution is 2.33. The zero-order valence-electron chi connectivity index (χ0n) is 13.3. The Hall–Kier alpha value is -2.04. The fourth-order valence-electron chi connectivity index (χ4n) is 2.27. The first-order chi connectivity index (χ1) is 11.5. The Balaban J connectivity index is 1.97. The van der Waals surface area contributed by atoms with E-state index in [1.807, 2.05) is 30.3 Å². The molecule has 0 aliphatic carbocycles. The Morgan fingerprint density at radius 3 is 2.21 bits per heavy atom. The fourth-order valence-corrected chi connectivity index (χ4v) is 2.87. The molecule has 0 saturated carbocycles. The molecule has 0 atom stereocenters. The van der Waals surface area contributed by atoms with E-state index in [2.05, 4.69) is 5.32 Å². The standard InChI is InChI=1S/C18H18Cl2N2O2/c1-13(23)22(18-15(19)8-5-9-16(18)20)11-10-17(24)21-12-14-6-3-2-4-7-14/h2-9H,10-12H2,1H3,(H,21,24). The molecule has 2 aromatic rings. The number of nitrogens with zero attached hydrogens (tertiary/aromatic N) is 1. The second-order valence-electron chi connectivity index (χ2n) is 5.25. The number of carbonyl (C=O) groups excluding carboxylic acids is 2. The zero-order chi connectivity index (χ0) is 17.5. The van der Waals surface area contributed by atoms with Crippen LogP contribution < -0.4 is 10.2 Å². The second-order valence-corrected chi connectivity index (χ2v) is 6.07. The number of halogens is 2. The summed E-state index contributed by atoms with van der Waals surface area (Å²) in [6.45, 7) is 2.08. The maximum absolute atomic E-state index is 12.0. The first kappa shape index (κ1) is 18.3. The van der Waals surface area contributed by atoms with E-state index in [0.29, 0.717) is 22.3 Å². The van der Waals surface area contributed by atoms with Crippen molar-refractivity contribution >= 4 is 40.7 Å². The molecule has 2 aromatic carbocycles. The van der Waals surface area contributed by atoms with Crippen LogP contribution in [0.5, 0.6) is 0 Å². The minimum Gasteiger partial charge on any atom is -0.352 e. The van der Waals surface area contributed by atoms with Crippen molar-refractivity contribution < 1.29 is 9.59 Å². The molecular weight excluding hydrogens is 347 g/mol. The van der Waals surface area contributed by atoms with Gasteiger partial charge >= 0.3 is 0 Å². The molecule has 0 aliphatic rings. The maximum atomic E-state index is 12.0. The molecule has 0 spiro atoms. The minimum absolute atomic E-state index is 0.145. The number of para-hydroxylation sites is 1. The van der Waals surface area contributed by atoms with Crippen molar-refractivity contribution in [2.45, 2.75) is 19.9 Å². The molecule has 0 aliphatic heterocycles. The van der Waals surface area contributed by atoms with Crippen molar-refractivity contribution in [1.29, 1.82) is 0 Å².